The Bertz CT molecular complexity index is 1090. The molecule has 2 N–H and O–H groups in total. The molecule has 2 aliphatic heterocycles. The Morgan fingerprint density at radius 3 is 2.41 bits per heavy atom. The zero-order chi connectivity index (χ0) is 22.2. The van der Waals surface area contributed by atoms with Crippen LogP contribution in [0.5, 0.6) is 0 Å². The topological polar surface area (TPSA) is 68.2 Å². The van der Waals surface area contributed by atoms with Gasteiger partial charge < -0.3 is 15.4 Å². The molecule has 0 spiro atoms. The molecule has 3 heterocycles. The van der Waals surface area contributed by atoms with Crippen LogP contribution in [0.1, 0.15) is 60.6 Å². The summed E-state index contributed by atoms with van der Waals surface area (Å²) < 4.78 is 7.58. The van der Waals surface area contributed by atoms with E-state index in [1.807, 2.05) is 28.9 Å². The minimum Gasteiger partial charge on any atom is -0.381 e. The lowest BCUT2D eigenvalue weighted by Gasteiger charge is -2.40. The van der Waals surface area contributed by atoms with E-state index in [2.05, 4.69) is 66.0 Å². The van der Waals surface area contributed by atoms with Gasteiger partial charge in [-0.25, -0.2) is 4.68 Å². The highest BCUT2D eigenvalue weighted by Gasteiger charge is 2.40. The van der Waals surface area contributed by atoms with E-state index in [1.54, 1.807) is 6.20 Å². The first-order valence-electron chi connectivity index (χ1n) is 11.3. The number of carbonyl (C=O) groups is 1. The van der Waals surface area contributed by atoms with Crippen LogP contribution in [0, 0.1) is 0 Å². The van der Waals surface area contributed by atoms with E-state index in [4.69, 9.17) is 4.74 Å². The van der Waals surface area contributed by atoms with Gasteiger partial charge in [0.15, 0.2) is 0 Å². The fourth-order valence-corrected chi connectivity index (χ4v) is 5.05. The number of aromatic nitrogens is 2. The normalized spacial score (nSPS) is 21.2. The van der Waals surface area contributed by atoms with E-state index < -0.39 is 5.54 Å². The Morgan fingerprint density at radius 2 is 1.72 bits per heavy atom. The van der Waals surface area contributed by atoms with Crippen molar-refractivity contribution in [2.75, 3.05) is 18.5 Å². The summed E-state index contributed by atoms with van der Waals surface area (Å²) >= 11 is 0. The van der Waals surface area contributed by atoms with Gasteiger partial charge in [0.2, 0.25) is 0 Å². The van der Waals surface area contributed by atoms with Crippen LogP contribution in [0.25, 0.3) is 0 Å². The number of hydrogen-bond acceptors (Lipinski definition) is 4. The lowest BCUT2D eigenvalue weighted by atomic mass is 9.82. The molecule has 1 atom stereocenters. The first-order chi connectivity index (χ1) is 15.5. The molecule has 6 heteroatoms. The summed E-state index contributed by atoms with van der Waals surface area (Å²) in [4.78, 5) is 13.6. The van der Waals surface area contributed by atoms with Gasteiger partial charge in [0.05, 0.1) is 23.3 Å². The highest BCUT2D eigenvalue weighted by molar-refractivity contribution is 5.99. The number of nitrogens with zero attached hydrogens (tertiary/aromatic N) is 2. The summed E-state index contributed by atoms with van der Waals surface area (Å²) in [6.45, 7) is 5.60. The summed E-state index contributed by atoms with van der Waals surface area (Å²) in [6, 6.07) is 20.7. The van der Waals surface area contributed by atoms with Gasteiger partial charge in [-0.2, -0.15) is 5.10 Å². The van der Waals surface area contributed by atoms with Crippen molar-refractivity contribution in [3.05, 3.63) is 83.6 Å². The lowest BCUT2D eigenvalue weighted by Crippen LogP contribution is -2.49. The minimum absolute atomic E-state index is 0.103. The number of rotatable bonds is 4. The minimum atomic E-state index is -0.436. The number of carbonyl (C=O) groups excluding carboxylic acids is 1. The summed E-state index contributed by atoms with van der Waals surface area (Å²) in [5.74, 6) is 0.678. The maximum Gasteiger partial charge on any atom is 0.257 e. The molecule has 0 radical (unpaired) electrons. The summed E-state index contributed by atoms with van der Waals surface area (Å²) in [6.07, 6.45) is 4.08. The zero-order valence-corrected chi connectivity index (χ0v) is 18.7. The van der Waals surface area contributed by atoms with Crippen molar-refractivity contribution in [2.45, 2.75) is 50.2 Å². The van der Waals surface area contributed by atoms with Crippen LogP contribution in [0.2, 0.25) is 0 Å². The standard InChI is InChI=1S/C26H30N4O2/c1-25(2)17-22(19-9-5-3-6-10-19)28-23-21(18-27-30(23)25)24(31)29-26(13-15-32-16-14-26)20-11-7-4-8-12-20/h3-12,18,22,28H,13-17H2,1-2H3,(H,29,31). The molecule has 166 valence electrons. The van der Waals surface area contributed by atoms with Gasteiger partial charge >= 0.3 is 0 Å². The third-order valence-electron chi connectivity index (χ3n) is 6.83. The highest BCUT2D eigenvalue weighted by Crippen LogP contribution is 2.40. The highest BCUT2D eigenvalue weighted by atomic mass is 16.5. The monoisotopic (exact) mass is 430 g/mol. The summed E-state index contributed by atoms with van der Waals surface area (Å²) in [7, 11) is 0. The van der Waals surface area contributed by atoms with Crippen molar-refractivity contribution in [2.24, 2.45) is 0 Å². The molecular weight excluding hydrogens is 400 g/mol. The lowest BCUT2D eigenvalue weighted by molar-refractivity contribution is 0.0345. The SMILES string of the molecule is CC1(C)CC(c2ccccc2)Nc2c(C(=O)NC3(c4ccccc4)CCOCC3)cnn21. The zero-order valence-electron chi connectivity index (χ0n) is 18.7. The number of amides is 1. The van der Waals surface area contributed by atoms with Gasteiger partial charge in [-0.1, -0.05) is 60.7 Å². The van der Waals surface area contributed by atoms with Crippen LogP contribution >= 0.6 is 0 Å². The Morgan fingerprint density at radius 1 is 1.06 bits per heavy atom. The molecule has 0 aliphatic carbocycles. The number of benzene rings is 2. The van der Waals surface area contributed by atoms with Gasteiger partial charge in [-0.15, -0.1) is 0 Å². The maximum absolute atomic E-state index is 13.6. The first kappa shape index (κ1) is 20.8. The molecule has 5 rings (SSSR count). The number of ether oxygens (including phenoxy) is 1. The smallest absolute Gasteiger partial charge is 0.257 e. The quantitative estimate of drug-likeness (QED) is 0.634. The van der Waals surface area contributed by atoms with Crippen LogP contribution < -0.4 is 10.6 Å². The molecule has 1 amide bonds. The number of fused-ring (bicyclic) bond motifs is 1. The average Bonchev–Trinajstić information content (AvgIpc) is 3.26. The van der Waals surface area contributed by atoms with Crippen molar-refractivity contribution in [3.8, 4) is 0 Å². The predicted octanol–water partition coefficient (Wildman–Crippen LogP) is 4.61. The second-order valence-electron chi connectivity index (χ2n) is 9.46. The summed E-state index contributed by atoms with van der Waals surface area (Å²) in [5, 5.41) is 11.6. The molecule has 0 saturated carbocycles. The molecule has 0 bridgehead atoms. The molecule has 1 fully saturated rings. The molecule has 2 aromatic carbocycles. The van der Waals surface area contributed by atoms with E-state index in [0.29, 0.717) is 18.8 Å². The Kier molecular flexibility index (Phi) is 5.25. The van der Waals surface area contributed by atoms with E-state index in [9.17, 15) is 4.79 Å². The Labute approximate surface area is 189 Å². The summed E-state index contributed by atoms with van der Waals surface area (Å²) in [5.41, 5.74) is 2.27. The Hall–Kier alpha value is -3.12. The van der Waals surface area contributed by atoms with Crippen molar-refractivity contribution >= 4 is 11.7 Å². The molecule has 2 aliphatic rings. The second-order valence-corrected chi connectivity index (χ2v) is 9.46. The van der Waals surface area contributed by atoms with E-state index in [-0.39, 0.29) is 17.5 Å². The van der Waals surface area contributed by atoms with Crippen molar-refractivity contribution in [1.29, 1.82) is 0 Å². The van der Waals surface area contributed by atoms with Gasteiger partial charge in [-0.05, 0) is 44.2 Å². The second kappa shape index (κ2) is 8.10. The fraction of sp³-hybridized carbons (Fsp3) is 0.385. The van der Waals surface area contributed by atoms with Gasteiger partial charge in [-0.3, -0.25) is 4.79 Å². The average molecular weight is 431 g/mol. The maximum atomic E-state index is 13.6. The molecular formula is C26H30N4O2. The molecule has 32 heavy (non-hydrogen) atoms. The van der Waals surface area contributed by atoms with Crippen molar-refractivity contribution in [1.82, 2.24) is 15.1 Å². The van der Waals surface area contributed by atoms with Crippen LogP contribution in [0.3, 0.4) is 0 Å². The van der Waals surface area contributed by atoms with Crippen LogP contribution in [-0.4, -0.2) is 28.9 Å². The molecule has 1 unspecified atom stereocenters. The number of anilines is 1. The van der Waals surface area contributed by atoms with Gasteiger partial charge in [0.1, 0.15) is 11.4 Å². The van der Waals surface area contributed by atoms with Crippen LogP contribution in [0.15, 0.2) is 66.9 Å². The van der Waals surface area contributed by atoms with E-state index in [0.717, 1.165) is 30.6 Å². The molecule has 6 nitrogen and oxygen atoms in total. The van der Waals surface area contributed by atoms with E-state index in [1.165, 1.54) is 5.56 Å². The van der Waals surface area contributed by atoms with Crippen molar-refractivity contribution in [3.63, 3.8) is 0 Å². The first-order valence-corrected chi connectivity index (χ1v) is 11.3. The molecule has 3 aromatic rings. The van der Waals surface area contributed by atoms with Gasteiger partial charge in [0, 0.05) is 13.2 Å². The van der Waals surface area contributed by atoms with E-state index >= 15 is 0 Å². The van der Waals surface area contributed by atoms with Gasteiger partial charge in [0.25, 0.3) is 5.91 Å². The van der Waals surface area contributed by atoms with Crippen LogP contribution in [-0.2, 0) is 15.8 Å². The van der Waals surface area contributed by atoms with Crippen LogP contribution in [0.4, 0.5) is 5.82 Å². The molecule has 1 saturated heterocycles. The Balaban J connectivity index is 1.47. The third kappa shape index (κ3) is 3.69. The predicted molar refractivity (Wildman–Crippen MR) is 125 cm³/mol. The number of nitrogens with one attached hydrogen (secondary N) is 2. The fourth-order valence-electron chi connectivity index (χ4n) is 5.05. The van der Waals surface area contributed by atoms with Crippen molar-refractivity contribution < 1.29 is 9.53 Å². The largest absolute Gasteiger partial charge is 0.381 e. The third-order valence-corrected chi connectivity index (χ3v) is 6.83. The molecule has 1 aromatic heterocycles. The number of hydrogen-bond donors (Lipinski definition) is 2.